The zero-order chi connectivity index (χ0) is 20.6. The molecule has 1 saturated heterocycles. The molecule has 0 amide bonds. The fourth-order valence-corrected chi connectivity index (χ4v) is 5.87. The quantitative estimate of drug-likeness (QED) is 0.679. The highest BCUT2D eigenvalue weighted by atomic mass is 16.1. The van der Waals surface area contributed by atoms with Crippen molar-refractivity contribution < 1.29 is 4.79 Å². The van der Waals surface area contributed by atoms with Gasteiger partial charge in [0.2, 0.25) is 0 Å². The monoisotopic (exact) mass is 386 g/mol. The molecule has 3 heteroatoms. The third-order valence-electron chi connectivity index (χ3n) is 6.66. The van der Waals surface area contributed by atoms with Crippen LogP contribution in [0.2, 0.25) is 0 Å². The summed E-state index contributed by atoms with van der Waals surface area (Å²) in [6.45, 7) is 9.27. The first-order valence-electron chi connectivity index (χ1n) is 11.1. The van der Waals surface area contributed by atoms with Gasteiger partial charge >= 0.3 is 0 Å². The molecule has 1 aromatic carbocycles. The summed E-state index contributed by atoms with van der Waals surface area (Å²) in [6, 6.07) is 12.5. The van der Waals surface area contributed by atoms with Crippen LogP contribution in [-0.4, -0.2) is 37.4 Å². The van der Waals surface area contributed by atoms with E-state index in [1.807, 2.05) is 36.4 Å². The molecule has 4 unspecified atom stereocenters. The molecule has 2 aliphatic carbocycles. The summed E-state index contributed by atoms with van der Waals surface area (Å²) in [5.41, 5.74) is 6.11. The largest absolute Gasteiger partial charge is 0.328 e. The summed E-state index contributed by atoms with van der Waals surface area (Å²) in [6.07, 6.45) is 9.86. The first-order chi connectivity index (χ1) is 13.2. The predicted molar refractivity (Wildman–Crippen MR) is 119 cm³/mol. The van der Waals surface area contributed by atoms with Crippen LogP contribution in [0.1, 0.15) is 65.7 Å². The van der Waals surface area contributed by atoms with Gasteiger partial charge in [0.05, 0.1) is 0 Å². The summed E-state index contributed by atoms with van der Waals surface area (Å²) in [5, 5.41) is 0. The Morgan fingerprint density at radius 3 is 1.93 bits per heavy atom. The lowest BCUT2D eigenvalue weighted by Gasteiger charge is -2.51. The number of nitrogens with zero attached hydrogens (tertiary/aromatic N) is 1. The third kappa shape index (κ3) is 7.67. The number of aldehydes is 1. The van der Waals surface area contributed by atoms with E-state index in [0.29, 0.717) is 11.5 Å². The standard InChI is InChI=1S/C13H22O.C6H14N2.C6H6/c1-10-4-11-6-12(2,5-10)8-13(3,7-11)9-14;1-8-4-2-6(7)3-5-8;1-2-4-6-5-3-1/h9-11H,4-8H2,1-3H3;6H,2-5,7H2,1H3;1-6H. The summed E-state index contributed by atoms with van der Waals surface area (Å²) < 4.78 is 0. The van der Waals surface area contributed by atoms with E-state index in [1.54, 1.807) is 0 Å². The van der Waals surface area contributed by atoms with Crippen molar-refractivity contribution >= 4 is 6.29 Å². The number of benzene rings is 1. The van der Waals surface area contributed by atoms with Crippen molar-refractivity contribution in [1.29, 1.82) is 0 Å². The molecule has 3 fully saturated rings. The number of carbonyl (C=O) groups excluding carboxylic acids is 1. The molecule has 0 aromatic heterocycles. The van der Waals surface area contributed by atoms with E-state index < -0.39 is 0 Å². The highest BCUT2D eigenvalue weighted by Crippen LogP contribution is 2.55. The number of fused-ring (bicyclic) bond motifs is 2. The summed E-state index contributed by atoms with van der Waals surface area (Å²) >= 11 is 0. The van der Waals surface area contributed by atoms with Crippen LogP contribution in [0, 0.1) is 22.7 Å². The molecule has 4 rings (SSSR count). The number of piperidine rings is 1. The molecule has 2 saturated carbocycles. The van der Waals surface area contributed by atoms with E-state index in [1.165, 1.54) is 51.5 Å². The van der Waals surface area contributed by atoms with Crippen molar-refractivity contribution in [2.45, 2.75) is 71.8 Å². The van der Waals surface area contributed by atoms with Gasteiger partial charge in [0.1, 0.15) is 6.29 Å². The van der Waals surface area contributed by atoms with Gasteiger partial charge in [-0.25, -0.2) is 0 Å². The van der Waals surface area contributed by atoms with Crippen LogP contribution in [-0.2, 0) is 4.79 Å². The SMILES string of the molecule is CC1CC2CC(C)(C=O)CC(C)(C1)C2.CN1CCC(N)CC1.c1ccccc1. The molecule has 0 radical (unpaired) electrons. The lowest BCUT2D eigenvalue weighted by Crippen LogP contribution is -2.42. The van der Waals surface area contributed by atoms with Crippen LogP contribution in [0.25, 0.3) is 0 Å². The Kier molecular flexibility index (Phi) is 8.70. The van der Waals surface area contributed by atoms with Crippen LogP contribution in [0.4, 0.5) is 0 Å². The number of nitrogens with two attached hydrogens (primary N) is 1. The molecule has 3 nitrogen and oxygen atoms in total. The lowest BCUT2D eigenvalue weighted by atomic mass is 9.53. The van der Waals surface area contributed by atoms with Crippen LogP contribution < -0.4 is 5.73 Å². The minimum Gasteiger partial charge on any atom is -0.328 e. The molecule has 28 heavy (non-hydrogen) atoms. The first kappa shape index (κ1) is 23.1. The first-order valence-corrected chi connectivity index (χ1v) is 11.1. The van der Waals surface area contributed by atoms with Crippen molar-refractivity contribution in [3.63, 3.8) is 0 Å². The number of hydrogen-bond donors (Lipinski definition) is 1. The minimum absolute atomic E-state index is 0.0161. The molecule has 2 bridgehead atoms. The van der Waals surface area contributed by atoms with Crippen molar-refractivity contribution in [3.05, 3.63) is 36.4 Å². The molecule has 3 aliphatic rings. The fraction of sp³-hybridized carbons (Fsp3) is 0.720. The average Bonchev–Trinajstić information content (AvgIpc) is 2.65. The number of hydrogen-bond acceptors (Lipinski definition) is 3. The Morgan fingerprint density at radius 2 is 1.50 bits per heavy atom. The number of carbonyl (C=O) groups is 1. The van der Waals surface area contributed by atoms with E-state index >= 15 is 0 Å². The second-order valence-corrected chi connectivity index (χ2v) is 10.4. The summed E-state index contributed by atoms with van der Waals surface area (Å²) in [5.74, 6) is 1.68. The molecular weight excluding hydrogens is 344 g/mol. The number of rotatable bonds is 1. The lowest BCUT2D eigenvalue weighted by molar-refractivity contribution is -0.123. The second kappa shape index (κ2) is 10.5. The van der Waals surface area contributed by atoms with Gasteiger partial charge in [0.15, 0.2) is 0 Å². The Morgan fingerprint density at radius 1 is 0.964 bits per heavy atom. The molecule has 1 aromatic rings. The topological polar surface area (TPSA) is 46.3 Å². The van der Waals surface area contributed by atoms with Crippen molar-refractivity contribution in [2.24, 2.45) is 28.4 Å². The number of likely N-dealkylation sites (tertiary alicyclic amines) is 1. The van der Waals surface area contributed by atoms with Crippen LogP contribution >= 0.6 is 0 Å². The fourth-order valence-electron chi connectivity index (χ4n) is 5.87. The molecule has 2 N–H and O–H groups in total. The zero-order valence-electron chi connectivity index (χ0n) is 18.6. The maximum Gasteiger partial charge on any atom is 0.125 e. The van der Waals surface area contributed by atoms with Crippen molar-refractivity contribution in [1.82, 2.24) is 4.90 Å². The Hall–Kier alpha value is -1.19. The Balaban J connectivity index is 0.000000169. The average molecular weight is 387 g/mol. The molecule has 4 atom stereocenters. The summed E-state index contributed by atoms with van der Waals surface area (Å²) in [7, 11) is 2.14. The maximum absolute atomic E-state index is 11.1. The van der Waals surface area contributed by atoms with Gasteiger partial charge in [-0.2, -0.15) is 0 Å². The van der Waals surface area contributed by atoms with E-state index in [9.17, 15) is 4.79 Å². The van der Waals surface area contributed by atoms with E-state index in [-0.39, 0.29) is 5.41 Å². The zero-order valence-corrected chi connectivity index (χ0v) is 18.6. The molecule has 1 heterocycles. The van der Waals surface area contributed by atoms with E-state index in [0.717, 1.165) is 24.7 Å². The molecule has 0 spiro atoms. The Labute approximate surface area is 173 Å². The smallest absolute Gasteiger partial charge is 0.125 e. The van der Waals surface area contributed by atoms with Gasteiger partial charge in [-0.1, -0.05) is 57.2 Å². The van der Waals surface area contributed by atoms with Crippen molar-refractivity contribution in [2.75, 3.05) is 20.1 Å². The van der Waals surface area contributed by atoms with E-state index in [4.69, 9.17) is 5.73 Å². The highest BCUT2D eigenvalue weighted by molar-refractivity contribution is 5.59. The van der Waals surface area contributed by atoms with Crippen LogP contribution in [0.5, 0.6) is 0 Å². The second-order valence-electron chi connectivity index (χ2n) is 10.4. The third-order valence-corrected chi connectivity index (χ3v) is 6.66. The van der Waals surface area contributed by atoms with Gasteiger partial charge < -0.3 is 15.4 Å². The van der Waals surface area contributed by atoms with Gasteiger partial charge in [-0.15, -0.1) is 0 Å². The van der Waals surface area contributed by atoms with Gasteiger partial charge in [-0.3, -0.25) is 0 Å². The minimum atomic E-state index is -0.0161. The summed E-state index contributed by atoms with van der Waals surface area (Å²) in [4.78, 5) is 13.5. The maximum atomic E-state index is 11.1. The predicted octanol–water partition coefficient (Wildman–Crippen LogP) is 5.15. The Bertz CT molecular complexity index is 528. The van der Waals surface area contributed by atoms with E-state index in [2.05, 4.69) is 32.7 Å². The molecular formula is C25H42N2O. The van der Waals surface area contributed by atoms with Gasteiger partial charge in [0, 0.05) is 11.5 Å². The van der Waals surface area contributed by atoms with Gasteiger partial charge in [0.25, 0.3) is 0 Å². The molecule has 158 valence electrons. The van der Waals surface area contributed by atoms with Crippen molar-refractivity contribution in [3.8, 4) is 0 Å². The van der Waals surface area contributed by atoms with Crippen LogP contribution in [0.3, 0.4) is 0 Å². The normalized spacial score (nSPS) is 35.6. The van der Waals surface area contributed by atoms with Crippen LogP contribution in [0.15, 0.2) is 36.4 Å². The molecule has 1 aliphatic heterocycles. The van der Waals surface area contributed by atoms with Gasteiger partial charge in [-0.05, 0) is 82.3 Å². The highest BCUT2D eigenvalue weighted by Gasteiger charge is 2.46.